The van der Waals surface area contributed by atoms with E-state index in [1.165, 1.54) is 23.1 Å². The predicted molar refractivity (Wildman–Crippen MR) is 105 cm³/mol. The first kappa shape index (κ1) is 19.2. The maximum atomic E-state index is 12.2. The standard InChI is InChI=1S/C17H15Cl2N3O2S/c1-22(2)16(24)10-3-5-14(6-4-10)20-17(25)21-15(23)11-7-12(18)9-13(19)8-11/h3-9H,1-2H3,(H2,20,21,23,25). The Morgan fingerprint density at radius 3 is 2.04 bits per heavy atom. The first-order chi connectivity index (χ1) is 11.8. The molecular formula is C17H15Cl2N3O2S. The number of halogens is 2. The van der Waals surface area contributed by atoms with Crippen LogP contribution in [0.3, 0.4) is 0 Å². The molecule has 0 heterocycles. The van der Waals surface area contributed by atoms with E-state index in [0.717, 1.165) is 0 Å². The molecule has 0 atom stereocenters. The highest BCUT2D eigenvalue weighted by Gasteiger charge is 2.11. The molecule has 8 heteroatoms. The Balaban J connectivity index is 2.00. The Hall–Kier alpha value is -2.15. The van der Waals surface area contributed by atoms with Crippen LogP contribution in [0.5, 0.6) is 0 Å². The van der Waals surface area contributed by atoms with Gasteiger partial charge < -0.3 is 10.2 Å². The van der Waals surface area contributed by atoms with Crippen molar-refractivity contribution in [2.45, 2.75) is 0 Å². The Morgan fingerprint density at radius 2 is 1.52 bits per heavy atom. The van der Waals surface area contributed by atoms with Gasteiger partial charge in [0, 0.05) is 41.0 Å². The molecule has 0 bridgehead atoms. The molecule has 0 unspecified atom stereocenters. The van der Waals surface area contributed by atoms with Gasteiger partial charge in [0.25, 0.3) is 11.8 Å². The minimum atomic E-state index is -0.429. The smallest absolute Gasteiger partial charge is 0.257 e. The lowest BCUT2D eigenvalue weighted by molar-refractivity contribution is 0.0827. The van der Waals surface area contributed by atoms with E-state index >= 15 is 0 Å². The van der Waals surface area contributed by atoms with Gasteiger partial charge in [-0.2, -0.15) is 0 Å². The van der Waals surface area contributed by atoms with Crippen molar-refractivity contribution in [2.24, 2.45) is 0 Å². The minimum absolute atomic E-state index is 0.0970. The molecule has 0 saturated heterocycles. The number of nitrogens with one attached hydrogen (secondary N) is 2. The molecule has 0 saturated carbocycles. The zero-order chi connectivity index (χ0) is 18.6. The zero-order valence-electron chi connectivity index (χ0n) is 13.5. The molecule has 130 valence electrons. The Morgan fingerprint density at radius 1 is 0.960 bits per heavy atom. The van der Waals surface area contributed by atoms with Gasteiger partial charge in [-0.05, 0) is 54.7 Å². The summed E-state index contributed by atoms with van der Waals surface area (Å²) in [6, 6.07) is 11.3. The molecule has 5 nitrogen and oxygen atoms in total. The molecule has 0 radical (unpaired) electrons. The lowest BCUT2D eigenvalue weighted by Gasteiger charge is -2.12. The first-order valence-electron chi connectivity index (χ1n) is 7.16. The molecule has 25 heavy (non-hydrogen) atoms. The Kier molecular flexibility index (Phi) is 6.36. The minimum Gasteiger partial charge on any atom is -0.345 e. The molecular weight excluding hydrogens is 381 g/mol. The number of benzene rings is 2. The summed E-state index contributed by atoms with van der Waals surface area (Å²) in [4.78, 5) is 25.5. The molecule has 2 N–H and O–H groups in total. The molecule has 0 aliphatic rings. The summed E-state index contributed by atoms with van der Waals surface area (Å²) in [5, 5.41) is 6.26. The second kappa shape index (κ2) is 8.29. The fourth-order valence-corrected chi connectivity index (χ4v) is 2.71. The van der Waals surface area contributed by atoms with Gasteiger partial charge >= 0.3 is 0 Å². The molecule has 0 aliphatic heterocycles. The monoisotopic (exact) mass is 395 g/mol. The maximum absolute atomic E-state index is 12.2. The van der Waals surface area contributed by atoms with E-state index in [9.17, 15) is 9.59 Å². The van der Waals surface area contributed by atoms with Crippen LogP contribution in [0.2, 0.25) is 10.0 Å². The van der Waals surface area contributed by atoms with E-state index in [4.69, 9.17) is 35.4 Å². The zero-order valence-corrected chi connectivity index (χ0v) is 15.8. The van der Waals surface area contributed by atoms with Gasteiger partial charge in [0.2, 0.25) is 0 Å². The normalized spacial score (nSPS) is 10.1. The van der Waals surface area contributed by atoms with Gasteiger partial charge in [-0.1, -0.05) is 23.2 Å². The third kappa shape index (κ3) is 5.42. The van der Waals surface area contributed by atoms with E-state index in [1.807, 2.05) is 0 Å². The number of carbonyl (C=O) groups is 2. The molecule has 0 spiro atoms. The summed E-state index contributed by atoms with van der Waals surface area (Å²) in [6.07, 6.45) is 0. The number of carbonyl (C=O) groups excluding carboxylic acids is 2. The lowest BCUT2D eigenvalue weighted by Crippen LogP contribution is -2.34. The van der Waals surface area contributed by atoms with Crippen molar-refractivity contribution in [1.82, 2.24) is 10.2 Å². The van der Waals surface area contributed by atoms with Crippen LogP contribution in [-0.2, 0) is 0 Å². The third-order valence-corrected chi connectivity index (χ3v) is 3.79. The summed E-state index contributed by atoms with van der Waals surface area (Å²) in [6.45, 7) is 0. The van der Waals surface area contributed by atoms with Crippen molar-refractivity contribution in [2.75, 3.05) is 19.4 Å². The number of nitrogens with zero attached hydrogens (tertiary/aromatic N) is 1. The predicted octanol–water partition coefficient (Wildman–Crippen LogP) is 3.82. The van der Waals surface area contributed by atoms with Crippen LogP contribution in [0.1, 0.15) is 20.7 Å². The SMILES string of the molecule is CN(C)C(=O)c1ccc(NC(=S)NC(=O)c2cc(Cl)cc(Cl)c2)cc1. The second-order valence-electron chi connectivity index (χ2n) is 5.34. The van der Waals surface area contributed by atoms with Gasteiger partial charge in [0.1, 0.15) is 0 Å². The topological polar surface area (TPSA) is 61.4 Å². The van der Waals surface area contributed by atoms with Gasteiger partial charge in [-0.25, -0.2) is 0 Å². The number of hydrogen-bond donors (Lipinski definition) is 2. The van der Waals surface area contributed by atoms with Crippen LogP contribution in [0.25, 0.3) is 0 Å². The van der Waals surface area contributed by atoms with E-state index in [1.54, 1.807) is 38.4 Å². The summed E-state index contributed by atoms with van der Waals surface area (Å²) < 4.78 is 0. The highest BCUT2D eigenvalue weighted by Crippen LogP contribution is 2.19. The molecule has 0 aromatic heterocycles. The summed E-state index contributed by atoms with van der Waals surface area (Å²) in [7, 11) is 3.36. The summed E-state index contributed by atoms with van der Waals surface area (Å²) in [5.74, 6) is -0.526. The fourth-order valence-electron chi connectivity index (χ4n) is 1.98. The van der Waals surface area contributed by atoms with Crippen molar-refractivity contribution in [3.63, 3.8) is 0 Å². The van der Waals surface area contributed by atoms with Crippen molar-refractivity contribution in [1.29, 1.82) is 0 Å². The quantitative estimate of drug-likeness (QED) is 0.775. The number of thiocarbonyl (C=S) groups is 1. The number of hydrogen-bond acceptors (Lipinski definition) is 3. The number of rotatable bonds is 3. The summed E-state index contributed by atoms with van der Waals surface area (Å²) in [5.41, 5.74) is 1.50. The van der Waals surface area contributed by atoms with Crippen LogP contribution in [0.15, 0.2) is 42.5 Å². The van der Waals surface area contributed by atoms with Gasteiger partial charge in [0.15, 0.2) is 5.11 Å². The number of anilines is 1. The van der Waals surface area contributed by atoms with Crippen LogP contribution in [-0.4, -0.2) is 35.9 Å². The molecule has 2 aromatic carbocycles. The van der Waals surface area contributed by atoms with Crippen molar-refractivity contribution < 1.29 is 9.59 Å². The fraction of sp³-hybridized carbons (Fsp3) is 0.118. The average Bonchev–Trinajstić information content (AvgIpc) is 2.53. The van der Waals surface area contributed by atoms with E-state index in [-0.39, 0.29) is 11.0 Å². The van der Waals surface area contributed by atoms with Crippen molar-refractivity contribution in [3.8, 4) is 0 Å². The van der Waals surface area contributed by atoms with Crippen molar-refractivity contribution >= 4 is 58.0 Å². The van der Waals surface area contributed by atoms with Gasteiger partial charge in [0.05, 0.1) is 0 Å². The van der Waals surface area contributed by atoms with Gasteiger partial charge in [-0.15, -0.1) is 0 Å². The third-order valence-electron chi connectivity index (χ3n) is 3.15. The van der Waals surface area contributed by atoms with Crippen LogP contribution in [0.4, 0.5) is 5.69 Å². The lowest BCUT2D eigenvalue weighted by atomic mass is 10.2. The van der Waals surface area contributed by atoms with Gasteiger partial charge in [-0.3, -0.25) is 14.9 Å². The van der Waals surface area contributed by atoms with E-state index < -0.39 is 5.91 Å². The maximum Gasteiger partial charge on any atom is 0.257 e. The first-order valence-corrected chi connectivity index (χ1v) is 8.33. The molecule has 0 fully saturated rings. The second-order valence-corrected chi connectivity index (χ2v) is 6.62. The van der Waals surface area contributed by atoms with E-state index in [2.05, 4.69) is 10.6 Å². The summed E-state index contributed by atoms with van der Waals surface area (Å²) >= 11 is 16.9. The highest BCUT2D eigenvalue weighted by molar-refractivity contribution is 7.80. The van der Waals surface area contributed by atoms with Crippen molar-refractivity contribution in [3.05, 3.63) is 63.6 Å². The molecule has 2 rings (SSSR count). The molecule has 2 amide bonds. The van der Waals surface area contributed by atoms with Crippen LogP contribution >= 0.6 is 35.4 Å². The largest absolute Gasteiger partial charge is 0.345 e. The Bertz CT molecular complexity index is 803. The average molecular weight is 396 g/mol. The molecule has 2 aromatic rings. The molecule has 0 aliphatic carbocycles. The highest BCUT2D eigenvalue weighted by atomic mass is 35.5. The number of amides is 2. The van der Waals surface area contributed by atoms with Crippen LogP contribution in [0, 0.1) is 0 Å². The van der Waals surface area contributed by atoms with E-state index in [0.29, 0.717) is 26.9 Å². The van der Waals surface area contributed by atoms with Crippen LogP contribution < -0.4 is 10.6 Å². The Labute approximate surface area is 160 Å².